The van der Waals surface area contributed by atoms with Gasteiger partial charge in [0.15, 0.2) is 15.8 Å². The summed E-state index contributed by atoms with van der Waals surface area (Å²) in [5, 5.41) is 0. The molecule has 1 amide bonds. The monoisotopic (exact) mass is 463 g/mol. The molecule has 1 fully saturated rings. The number of anilines is 1. The van der Waals surface area contributed by atoms with Crippen LogP contribution in [-0.4, -0.2) is 23.4 Å². The van der Waals surface area contributed by atoms with Gasteiger partial charge in [0.1, 0.15) is 0 Å². The summed E-state index contributed by atoms with van der Waals surface area (Å²) in [5.41, 5.74) is 1.60. The predicted octanol–water partition coefficient (Wildman–Crippen LogP) is 5.65. The zero-order chi connectivity index (χ0) is 19.4. The number of ether oxygens (including phenoxy) is 2. The molecule has 0 radical (unpaired) electrons. The Morgan fingerprint density at radius 1 is 1.11 bits per heavy atom. The fourth-order valence-electron chi connectivity index (χ4n) is 2.61. The van der Waals surface area contributed by atoms with Crippen LogP contribution in [0.25, 0.3) is 6.08 Å². The van der Waals surface area contributed by atoms with Gasteiger partial charge >= 0.3 is 0 Å². The predicted molar refractivity (Wildman–Crippen MR) is 119 cm³/mol. The number of amides is 1. The highest BCUT2D eigenvalue weighted by molar-refractivity contribution is 9.10. The van der Waals surface area contributed by atoms with Crippen molar-refractivity contribution < 1.29 is 14.3 Å². The molecule has 0 spiro atoms. The number of thioether (sulfide) groups is 1. The fraction of sp³-hybridized carbons (Fsp3) is 0.200. The van der Waals surface area contributed by atoms with Crippen LogP contribution in [0.3, 0.4) is 0 Å². The van der Waals surface area contributed by atoms with E-state index in [1.165, 1.54) is 11.8 Å². The van der Waals surface area contributed by atoms with E-state index in [0.717, 1.165) is 15.7 Å². The summed E-state index contributed by atoms with van der Waals surface area (Å²) in [6.45, 7) is 4.91. The van der Waals surface area contributed by atoms with E-state index in [4.69, 9.17) is 21.7 Å². The van der Waals surface area contributed by atoms with E-state index in [0.29, 0.717) is 33.9 Å². The van der Waals surface area contributed by atoms with Crippen LogP contribution in [0, 0.1) is 0 Å². The highest BCUT2D eigenvalue weighted by Gasteiger charge is 2.33. The second-order valence-corrected chi connectivity index (χ2v) is 8.07. The van der Waals surface area contributed by atoms with Gasteiger partial charge in [-0.25, -0.2) is 0 Å². The molecule has 0 N–H and O–H groups in total. The smallest absolute Gasteiger partial charge is 0.270 e. The number of hydrogen-bond acceptors (Lipinski definition) is 5. The van der Waals surface area contributed by atoms with E-state index in [2.05, 4.69) is 15.9 Å². The lowest BCUT2D eigenvalue weighted by atomic mass is 10.1. The third kappa shape index (κ3) is 4.36. The lowest BCUT2D eigenvalue weighted by Gasteiger charge is -2.14. The number of halogens is 1. The molecule has 1 heterocycles. The normalized spacial score (nSPS) is 15.5. The molecule has 140 valence electrons. The quantitative estimate of drug-likeness (QED) is 0.408. The third-order valence-electron chi connectivity index (χ3n) is 3.76. The van der Waals surface area contributed by atoms with Crippen molar-refractivity contribution in [2.75, 3.05) is 18.1 Å². The van der Waals surface area contributed by atoms with Gasteiger partial charge in [-0.15, -0.1) is 0 Å². The van der Waals surface area contributed by atoms with E-state index < -0.39 is 0 Å². The molecule has 1 aliphatic heterocycles. The average molecular weight is 464 g/mol. The van der Waals surface area contributed by atoms with Crippen molar-refractivity contribution in [2.45, 2.75) is 13.8 Å². The maximum Gasteiger partial charge on any atom is 0.270 e. The SMILES string of the molecule is CCOc1cc(Br)c(/C=C2/SC(=S)N(c3ccccc3)C2=O)cc1OCC. The Morgan fingerprint density at radius 3 is 2.37 bits per heavy atom. The second-order valence-electron chi connectivity index (χ2n) is 5.54. The minimum atomic E-state index is -0.130. The van der Waals surface area contributed by atoms with Gasteiger partial charge in [-0.2, -0.15) is 0 Å². The van der Waals surface area contributed by atoms with Gasteiger partial charge in [0, 0.05) is 4.47 Å². The summed E-state index contributed by atoms with van der Waals surface area (Å²) in [6.07, 6.45) is 1.82. The van der Waals surface area contributed by atoms with Crippen LogP contribution in [-0.2, 0) is 4.79 Å². The Labute approximate surface area is 176 Å². The molecule has 0 bridgehead atoms. The van der Waals surface area contributed by atoms with Crippen molar-refractivity contribution in [1.82, 2.24) is 0 Å². The molecule has 7 heteroatoms. The van der Waals surface area contributed by atoms with Crippen LogP contribution in [0.4, 0.5) is 5.69 Å². The zero-order valence-electron chi connectivity index (χ0n) is 14.9. The molecule has 1 aliphatic rings. The molecular weight excluding hydrogens is 446 g/mol. The van der Waals surface area contributed by atoms with Gasteiger partial charge < -0.3 is 9.47 Å². The van der Waals surface area contributed by atoms with Gasteiger partial charge in [0.25, 0.3) is 5.91 Å². The van der Waals surface area contributed by atoms with Crippen molar-refractivity contribution in [1.29, 1.82) is 0 Å². The van der Waals surface area contributed by atoms with Crippen LogP contribution >= 0.6 is 39.9 Å². The van der Waals surface area contributed by atoms with E-state index in [-0.39, 0.29) is 5.91 Å². The van der Waals surface area contributed by atoms with Crippen molar-refractivity contribution in [2.24, 2.45) is 0 Å². The Hall–Kier alpha value is -1.83. The van der Waals surface area contributed by atoms with Gasteiger partial charge in [0.2, 0.25) is 0 Å². The first-order valence-corrected chi connectivity index (χ1v) is 10.5. The summed E-state index contributed by atoms with van der Waals surface area (Å²) in [5.74, 6) is 1.18. The highest BCUT2D eigenvalue weighted by atomic mass is 79.9. The zero-order valence-corrected chi connectivity index (χ0v) is 18.1. The molecular formula is C20H18BrNO3S2. The van der Waals surface area contributed by atoms with Gasteiger partial charge in [-0.3, -0.25) is 9.69 Å². The summed E-state index contributed by atoms with van der Waals surface area (Å²) in [7, 11) is 0. The van der Waals surface area contributed by atoms with Crippen LogP contribution in [0.2, 0.25) is 0 Å². The molecule has 0 saturated carbocycles. The van der Waals surface area contributed by atoms with Gasteiger partial charge in [0.05, 0.1) is 23.8 Å². The number of carbonyl (C=O) groups is 1. The number of carbonyl (C=O) groups excluding carboxylic acids is 1. The van der Waals surface area contributed by atoms with Crippen molar-refractivity contribution in [3.05, 3.63) is 57.4 Å². The first-order valence-electron chi connectivity index (χ1n) is 8.47. The maximum absolute atomic E-state index is 12.9. The fourth-order valence-corrected chi connectivity index (χ4v) is 4.33. The molecule has 1 saturated heterocycles. The molecule has 0 atom stereocenters. The standard InChI is InChI=1S/C20H18BrNO3S2/c1-3-24-16-10-13(15(21)12-17(16)25-4-2)11-18-19(23)22(20(26)27-18)14-8-6-5-7-9-14/h5-12H,3-4H2,1-2H3/b18-11+. The van der Waals surface area contributed by atoms with E-state index in [1.54, 1.807) is 4.90 Å². The second kappa shape index (κ2) is 8.91. The first kappa shape index (κ1) is 19.9. The Balaban J connectivity index is 1.96. The highest BCUT2D eigenvalue weighted by Crippen LogP contribution is 2.39. The minimum Gasteiger partial charge on any atom is -0.490 e. The summed E-state index contributed by atoms with van der Waals surface area (Å²) in [6, 6.07) is 13.1. The Bertz CT molecular complexity index is 900. The van der Waals surface area contributed by atoms with E-state index in [9.17, 15) is 4.79 Å². The number of rotatable bonds is 6. The molecule has 2 aromatic rings. The molecule has 3 rings (SSSR count). The molecule has 0 aromatic heterocycles. The van der Waals surface area contributed by atoms with Crippen LogP contribution < -0.4 is 14.4 Å². The number of benzene rings is 2. The first-order chi connectivity index (χ1) is 13.0. The van der Waals surface area contributed by atoms with Crippen molar-refractivity contribution >= 4 is 61.9 Å². The number of para-hydroxylation sites is 1. The lowest BCUT2D eigenvalue weighted by molar-refractivity contribution is -0.113. The van der Waals surface area contributed by atoms with Crippen LogP contribution in [0.5, 0.6) is 11.5 Å². The largest absolute Gasteiger partial charge is 0.490 e. The molecule has 0 aliphatic carbocycles. The summed E-state index contributed by atoms with van der Waals surface area (Å²) < 4.78 is 12.7. The molecule has 27 heavy (non-hydrogen) atoms. The summed E-state index contributed by atoms with van der Waals surface area (Å²) in [4.78, 5) is 15.0. The lowest BCUT2D eigenvalue weighted by Crippen LogP contribution is -2.27. The van der Waals surface area contributed by atoms with Crippen LogP contribution in [0.15, 0.2) is 51.8 Å². The van der Waals surface area contributed by atoms with Crippen LogP contribution in [0.1, 0.15) is 19.4 Å². The molecule has 0 unspecified atom stereocenters. The Kier molecular flexibility index (Phi) is 6.57. The minimum absolute atomic E-state index is 0.130. The molecule has 2 aromatic carbocycles. The maximum atomic E-state index is 12.9. The van der Waals surface area contributed by atoms with Gasteiger partial charge in [-0.05, 0) is 49.8 Å². The topological polar surface area (TPSA) is 38.8 Å². The Morgan fingerprint density at radius 2 is 1.74 bits per heavy atom. The number of thiocarbonyl (C=S) groups is 1. The summed E-state index contributed by atoms with van der Waals surface area (Å²) >= 11 is 10.3. The van der Waals surface area contributed by atoms with E-state index >= 15 is 0 Å². The average Bonchev–Trinajstić information content (AvgIpc) is 2.93. The molecule has 4 nitrogen and oxygen atoms in total. The number of nitrogens with zero attached hydrogens (tertiary/aromatic N) is 1. The number of hydrogen-bond donors (Lipinski definition) is 0. The van der Waals surface area contributed by atoms with E-state index in [1.807, 2.05) is 62.4 Å². The van der Waals surface area contributed by atoms with Crippen molar-refractivity contribution in [3.8, 4) is 11.5 Å². The van der Waals surface area contributed by atoms with Gasteiger partial charge in [-0.1, -0.05) is 58.1 Å². The van der Waals surface area contributed by atoms with Crippen molar-refractivity contribution in [3.63, 3.8) is 0 Å². The third-order valence-corrected chi connectivity index (χ3v) is 5.75.